The van der Waals surface area contributed by atoms with Gasteiger partial charge in [0.05, 0.1) is 0 Å². The van der Waals surface area contributed by atoms with Gasteiger partial charge < -0.3 is 0 Å². The molecule has 0 bridgehead atoms. The third kappa shape index (κ3) is 3.32. The largest absolute Gasteiger partial charge is 0.144 e. The van der Waals surface area contributed by atoms with Crippen LogP contribution in [0.1, 0.15) is 25.8 Å². The Morgan fingerprint density at radius 3 is 2.71 bits per heavy atom. The maximum absolute atomic E-state index is 3.66. The molecule has 0 aliphatic carbocycles. The number of rotatable bonds is 5. The fraction of sp³-hybridized carbons (Fsp3) is 0.467. The molecule has 0 spiro atoms. The predicted molar refractivity (Wildman–Crippen MR) is 82.3 cm³/mol. The lowest BCUT2D eigenvalue weighted by molar-refractivity contribution is 0.446. The van der Waals surface area contributed by atoms with E-state index >= 15 is 0 Å². The maximum Gasteiger partial charge on any atom is 0.0345 e. The van der Waals surface area contributed by atoms with Crippen LogP contribution in [0.15, 0.2) is 29.6 Å². The molecule has 2 aromatic rings. The van der Waals surface area contributed by atoms with E-state index in [1.807, 2.05) is 11.3 Å². The SMILES string of the molecule is CC(C)CC(CBr)Cc1csc2ccccc12. The molecule has 1 atom stereocenters. The molecule has 0 saturated heterocycles. The zero-order valence-electron chi connectivity index (χ0n) is 10.4. The average Bonchev–Trinajstić information content (AvgIpc) is 2.71. The zero-order chi connectivity index (χ0) is 12.3. The van der Waals surface area contributed by atoms with Crippen molar-refractivity contribution in [2.75, 3.05) is 5.33 Å². The molecule has 0 nitrogen and oxygen atoms in total. The summed E-state index contributed by atoms with van der Waals surface area (Å²) in [5, 5.41) is 4.89. The minimum Gasteiger partial charge on any atom is -0.144 e. The monoisotopic (exact) mass is 310 g/mol. The summed E-state index contributed by atoms with van der Waals surface area (Å²) in [4.78, 5) is 0. The van der Waals surface area contributed by atoms with Crippen LogP contribution in [-0.4, -0.2) is 5.33 Å². The Morgan fingerprint density at radius 2 is 2.00 bits per heavy atom. The molecule has 1 aromatic carbocycles. The van der Waals surface area contributed by atoms with E-state index in [2.05, 4.69) is 59.4 Å². The first-order valence-electron chi connectivity index (χ1n) is 6.21. The van der Waals surface area contributed by atoms with Crippen molar-refractivity contribution >= 4 is 37.4 Å². The van der Waals surface area contributed by atoms with Gasteiger partial charge in [0.1, 0.15) is 0 Å². The Kier molecular flexibility index (Phi) is 4.63. The minimum atomic E-state index is 0.757. The standard InChI is InChI=1S/C15H19BrS/c1-11(2)7-12(9-16)8-13-10-17-15-6-4-3-5-14(13)15/h3-6,10-12H,7-9H2,1-2H3. The number of hydrogen-bond acceptors (Lipinski definition) is 1. The van der Waals surface area contributed by atoms with E-state index < -0.39 is 0 Å². The first-order chi connectivity index (χ1) is 8.20. The molecule has 1 heterocycles. The summed E-state index contributed by atoms with van der Waals surface area (Å²) in [6.07, 6.45) is 2.50. The van der Waals surface area contributed by atoms with Gasteiger partial charge in [0.2, 0.25) is 0 Å². The second-order valence-electron chi connectivity index (χ2n) is 5.11. The van der Waals surface area contributed by atoms with Gasteiger partial charge >= 0.3 is 0 Å². The van der Waals surface area contributed by atoms with E-state index in [4.69, 9.17) is 0 Å². The van der Waals surface area contributed by atoms with Crippen molar-refractivity contribution in [2.24, 2.45) is 11.8 Å². The second-order valence-corrected chi connectivity index (χ2v) is 6.67. The van der Waals surface area contributed by atoms with Crippen LogP contribution in [0.2, 0.25) is 0 Å². The molecule has 2 heteroatoms. The van der Waals surface area contributed by atoms with Gasteiger partial charge in [-0.05, 0) is 47.1 Å². The molecule has 0 fully saturated rings. The molecule has 17 heavy (non-hydrogen) atoms. The first kappa shape index (κ1) is 13.1. The van der Waals surface area contributed by atoms with Crippen molar-refractivity contribution in [1.82, 2.24) is 0 Å². The normalized spacial score (nSPS) is 13.4. The highest BCUT2D eigenvalue weighted by Crippen LogP contribution is 2.29. The molecular formula is C15H19BrS. The molecule has 1 unspecified atom stereocenters. The Labute approximate surface area is 116 Å². The number of alkyl halides is 1. The fourth-order valence-electron chi connectivity index (χ4n) is 2.37. The van der Waals surface area contributed by atoms with Gasteiger partial charge in [-0.2, -0.15) is 0 Å². The molecule has 0 radical (unpaired) electrons. The molecule has 0 amide bonds. The van der Waals surface area contributed by atoms with Crippen LogP contribution < -0.4 is 0 Å². The van der Waals surface area contributed by atoms with Gasteiger partial charge in [-0.1, -0.05) is 48.0 Å². The highest BCUT2D eigenvalue weighted by molar-refractivity contribution is 9.09. The van der Waals surface area contributed by atoms with E-state index in [0.717, 1.165) is 17.2 Å². The molecule has 2 rings (SSSR count). The average molecular weight is 311 g/mol. The van der Waals surface area contributed by atoms with Crippen LogP contribution in [0.4, 0.5) is 0 Å². The number of hydrogen-bond donors (Lipinski definition) is 0. The summed E-state index contributed by atoms with van der Waals surface area (Å²) in [6.45, 7) is 4.61. The summed E-state index contributed by atoms with van der Waals surface area (Å²) in [5.74, 6) is 1.54. The summed E-state index contributed by atoms with van der Waals surface area (Å²) in [7, 11) is 0. The Morgan fingerprint density at radius 1 is 1.24 bits per heavy atom. The topological polar surface area (TPSA) is 0 Å². The second kappa shape index (κ2) is 6.01. The fourth-order valence-corrected chi connectivity index (χ4v) is 3.84. The molecular weight excluding hydrogens is 292 g/mol. The van der Waals surface area contributed by atoms with Crippen LogP contribution in [0.3, 0.4) is 0 Å². The minimum absolute atomic E-state index is 0.757. The van der Waals surface area contributed by atoms with Crippen molar-refractivity contribution in [1.29, 1.82) is 0 Å². The Hall–Kier alpha value is -0.340. The zero-order valence-corrected chi connectivity index (χ0v) is 12.9. The molecule has 0 saturated carbocycles. The van der Waals surface area contributed by atoms with E-state index in [1.165, 1.54) is 28.5 Å². The predicted octanol–water partition coefficient (Wildman–Crippen LogP) is 5.50. The number of halogens is 1. The maximum atomic E-state index is 3.66. The number of benzene rings is 1. The number of thiophene rings is 1. The van der Waals surface area contributed by atoms with E-state index in [-0.39, 0.29) is 0 Å². The smallest absolute Gasteiger partial charge is 0.0345 e. The quantitative estimate of drug-likeness (QED) is 0.640. The van der Waals surface area contributed by atoms with E-state index in [0.29, 0.717) is 0 Å². The summed E-state index contributed by atoms with van der Waals surface area (Å²) in [6, 6.07) is 8.74. The molecule has 0 aliphatic heterocycles. The Balaban J connectivity index is 2.16. The lowest BCUT2D eigenvalue weighted by Crippen LogP contribution is -2.09. The molecule has 92 valence electrons. The van der Waals surface area contributed by atoms with Gasteiger partial charge in [0.15, 0.2) is 0 Å². The lowest BCUT2D eigenvalue weighted by atomic mass is 9.92. The summed E-state index contributed by atoms with van der Waals surface area (Å²) < 4.78 is 1.42. The third-order valence-corrected chi connectivity index (χ3v) is 5.02. The highest BCUT2D eigenvalue weighted by atomic mass is 79.9. The van der Waals surface area contributed by atoms with Crippen molar-refractivity contribution in [2.45, 2.75) is 26.7 Å². The van der Waals surface area contributed by atoms with Gasteiger partial charge in [0, 0.05) is 10.0 Å². The molecule has 1 aromatic heterocycles. The van der Waals surface area contributed by atoms with Crippen LogP contribution in [0, 0.1) is 11.8 Å². The van der Waals surface area contributed by atoms with Gasteiger partial charge in [0.25, 0.3) is 0 Å². The van der Waals surface area contributed by atoms with Gasteiger partial charge in [-0.15, -0.1) is 11.3 Å². The van der Waals surface area contributed by atoms with Crippen LogP contribution in [0.5, 0.6) is 0 Å². The summed E-state index contributed by atoms with van der Waals surface area (Å²) >= 11 is 5.53. The van der Waals surface area contributed by atoms with Crippen LogP contribution in [0.25, 0.3) is 10.1 Å². The van der Waals surface area contributed by atoms with Crippen molar-refractivity contribution in [3.05, 3.63) is 35.2 Å². The van der Waals surface area contributed by atoms with Crippen LogP contribution >= 0.6 is 27.3 Å². The number of fused-ring (bicyclic) bond motifs is 1. The van der Waals surface area contributed by atoms with E-state index in [1.54, 1.807) is 0 Å². The van der Waals surface area contributed by atoms with E-state index in [9.17, 15) is 0 Å². The van der Waals surface area contributed by atoms with Gasteiger partial charge in [-0.25, -0.2) is 0 Å². The molecule has 0 N–H and O–H groups in total. The third-order valence-electron chi connectivity index (χ3n) is 3.09. The highest BCUT2D eigenvalue weighted by Gasteiger charge is 2.13. The van der Waals surface area contributed by atoms with Crippen molar-refractivity contribution < 1.29 is 0 Å². The van der Waals surface area contributed by atoms with Gasteiger partial charge in [-0.3, -0.25) is 0 Å². The van der Waals surface area contributed by atoms with Crippen molar-refractivity contribution in [3.63, 3.8) is 0 Å². The first-order valence-corrected chi connectivity index (χ1v) is 8.22. The van der Waals surface area contributed by atoms with Crippen molar-refractivity contribution in [3.8, 4) is 0 Å². The Bertz CT molecular complexity index is 472. The van der Waals surface area contributed by atoms with Crippen LogP contribution in [-0.2, 0) is 6.42 Å². The lowest BCUT2D eigenvalue weighted by Gasteiger charge is -2.15. The summed E-state index contributed by atoms with van der Waals surface area (Å²) in [5.41, 5.74) is 1.52. The molecule has 0 aliphatic rings.